The van der Waals surface area contributed by atoms with Crippen LogP contribution in [0.3, 0.4) is 0 Å². The van der Waals surface area contributed by atoms with Crippen LogP contribution in [0.25, 0.3) is 21.8 Å². The van der Waals surface area contributed by atoms with Gasteiger partial charge >= 0.3 is 0 Å². The van der Waals surface area contributed by atoms with Gasteiger partial charge in [0, 0.05) is 23.4 Å². The van der Waals surface area contributed by atoms with Gasteiger partial charge in [-0.05, 0) is 48.0 Å². The number of benzene rings is 2. The molecule has 4 aromatic rings. The number of para-hydroxylation sites is 2. The van der Waals surface area contributed by atoms with Gasteiger partial charge in [-0.2, -0.15) is 0 Å². The summed E-state index contributed by atoms with van der Waals surface area (Å²) in [6.45, 7) is 3.13. The maximum Gasteiger partial charge on any atom is 0.0453 e. The second-order valence-electron chi connectivity index (χ2n) is 7.39. The molecule has 2 aromatic heterocycles. The lowest BCUT2D eigenvalue weighted by molar-refractivity contribution is 0.578. The van der Waals surface area contributed by atoms with E-state index in [0.29, 0.717) is 0 Å². The molecule has 0 fully saturated rings. The summed E-state index contributed by atoms with van der Waals surface area (Å²) in [6, 6.07) is 20.6. The summed E-state index contributed by atoms with van der Waals surface area (Å²) in [5.74, 6) is 0. The van der Waals surface area contributed by atoms with Crippen molar-refractivity contribution in [3.8, 4) is 0 Å². The number of aromatic amines is 2. The molecule has 4 N–H and O–H groups in total. The summed E-state index contributed by atoms with van der Waals surface area (Å²) in [6.07, 6.45) is 14.9. The molecule has 3 heteroatoms. The van der Waals surface area contributed by atoms with Crippen LogP contribution in [-0.2, 0) is 0 Å². The van der Waals surface area contributed by atoms with Crippen molar-refractivity contribution in [3.05, 3.63) is 73.1 Å². The molecule has 0 spiro atoms. The quantitative estimate of drug-likeness (QED) is 0.269. The molecule has 0 amide bonds. The first-order valence-electron chi connectivity index (χ1n) is 11.1. The van der Waals surface area contributed by atoms with E-state index in [2.05, 4.69) is 53.3 Å². The fourth-order valence-corrected chi connectivity index (χ4v) is 3.27. The Bertz CT molecular complexity index is 756. The maximum absolute atomic E-state index is 5.39. The zero-order valence-corrected chi connectivity index (χ0v) is 17.9. The van der Waals surface area contributed by atoms with Crippen LogP contribution in [0.5, 0.6) is 0 Å². The first kappa shape index (κ1) is 22.8. The standard InChI is InChI=1S/C10H23N.2C8H7N/c1-2-3-4-5-6-7-8-9-10-11;2*1-2-4-8-7(3-1)5-6-9-8/h2-11H2,1H3;2*1-6,9H. The average Bonchev–Trinajstić information content (AvgIpc) is 3.43. The molecule has 2 aromatic carbocycles. The molecule has 0 atom stereocenters. The topological polar surface area (TPSA) is 57.6 Å². The highest BCUT2D eigenvalue weighted by Crippen LogP contribution is 2.10. The number of unbranched alkanes of at least 4 members (excludes halogenated alkanes) is 7. The lowest BCUT2D eigenvalue weighted by Gasteiger charge is -1.99. The molecule has 3 nitrogen and oxygen atoms in total. The molecule has 4 rings (SSSR count). The van der Waals surface area contributed by atoms with Gasteiger partial charge in [-0.1, -0.05) is 88.3 Å². The number of H-pyrrole nitrogens is 2. The monoisotopic (exact) mass is 391 g/mol. The first-order chi connectivity index (χ1) is 14.3. The van der Waals surface area contributed by atoms with Crippen molar-refractivity contribution < 1.29 is 0 Å². The zero-order chi connectivity index (χ0) is 20.6. The van der Waals surface area contributed by atoms with E-state index in [1.807, 2.05) is 36.7 Å². The van der Waals surface area contributed by atoms with Gasteiger partial charge in [0.2, 0.25) is 0 Å². The Balaban J connectivity index is 0.000000156. The fraction of sp³-hybridized carbons (Fsp3) is 0.385. The summed E-state index contributed by atoms with van der Waals surface area (Å²) in [4.78, 5) is 6.24. The Morgan fingerprint density at radius 1 is 0.586 bits per heavy atom. The second kappa shape index (κ2) is 14.5. The van der Waals surface area contributed by atoms with Crippen LogP contribution in [0.1, 0.15) is 58.3 Å². The zero-order valence-electron chi connectivity index (χ0n) is 17.9. The lowest BCUT2D eigenvalue weighted by Crippen LogP contribution is -1.97. The third kappa shape index (κ3) is 9.01. The highest BCUT2D eigenvalue weighted by atomic mass is 14.7. The van der Waals surface area contributed by atoms with Crippen molar-refractivity contribution in [3.63, 3.8) is 0 Å². The Morgan fingerprint density at radius 2 is 1.03 bits per heavy atom. The number of aromatic nitrogens is 2. The van der Waals surface area contributed by atoms with Gasteiger partial charge in [-0.3, -0.25) is 0 Å². The first-order valence-corrected chi connectivity index (χ1v) is 11.1. The van der Waals surface area contributed by atoms with Crippen LogP contribution < -0.4 is 5.73 Å². The predicted molar refractivity (Wildman–Crippen MR) is 128 cm³/mol. The number of nitrogens with two attached hydrogens (primary N) is 1. The highest BCUT2D eigenvalue weighted by Gasteiger charge is 1.89. The lowest BCUT2D eigenvalue weighted by atomic mass is 10.1. The Kier molecular flexibility index (Phi) is 11.4. The minimum Gasteiger partial charge on any atom is -0.361 e. The van der Waals surface area contributed by atoms with Gasteiger partial charge in [0.1, 0.15) is 0 Å². The van der Waals surface area contributed by atoms with Crippen molar-refractivity contribution in [2.45, 2.75) is 58.3 Å². The summed E-state index contributed by atoms with van der Waals surface area (Å²) >= 11 is 0. The summed E-state index contributed by atoms with van der Waals surface area (Å²) in [5, 5.41) is 2.55. The van der Waals surface area contributed by atoms with E-state index in [1.165, 1.54) is 73.2 Å². The molecule has 2 heterocycles. The highest BCUT2D eigenvalue weighted by molar-refractivity contribution is 5.79. The van der Waals surface area contributed by atoms with Crippen LogP contribution in [0.15, 0.2) is 73.1 Å². The minimum absolute atomic E-state index is 0.870. The Hall–Kier alpha value is -2.52. The van der Waals surface area contributed by atoms with Crippen LogP contribution in [-0.4, -0.2) is 16.5 Å². The molecule has 0 aliphatic heterocycles. The molecule has 0 saturated carbocycles. The van der Waals surface area contributed by atoms with Crippen molar-refractivity contribution in [2.24, 2.45) is 5.73 Å². The number of fused-ring (bicyclic) bond motifs is 2. The molecule has 0 saturated heterocycles. The third-order valence-corrected chi connectivity index (χ3v) is 4.98. The van der Waals surface area contributed by atoms with Gasteiger partial charge in [-0.25, -0.2) is 0 Å². The van der Waals surface area contributed by atoms with Gasteiger partial charge < -0.3 is 15.7 Å². The Morgan fingerprint density at radius 3 is 1.48 bits per heavy atom. The van der Waals surface area contributed by atoms with Crippen LogP contribution in [0.2, 0.25) is 0 Å². The van der Waals surface area contributed by atoms with E-state index in [1.54, 1.807) is 0 Å². The summed E-state index contributed by atoms with van der Waals surface area (Å²) in [5.41, 5.74) is 7.80. The van der Waals surface area contributed by atoms with E-state index in [4.69, 9.17) is 5.73 Å². The van der Waals surface area contributed by atoms with Gasteiger partial charge in [0.25, 0.3) is 0 Å². The van der Waals surface area contributed by atoms with Crippen molar-refractivity contribution in [1.29, 1.82) is 0 Å². The smallest absolute Gasteiger partial charge is 0.0453 e. The van der Waals surface area contributed by atoms with Gasteiger partial charge in [0.05, 0.1) is 0 Å². The maximum atomic E-state index is 5.39. The van der Waals surface area contributed by atoms with E-state index < -0.39 is 0 Å². The molecule has 0 radical (unpaired) electrons. The fourth-order valence-electron chi connectivity index (χ4n) is 3.27. The van der Waals surface area contributed by atoms with Crippen molar-refractivity contribution in [2.75, 3.05) is 6.54 Å². The predicted octanol–water partition coefficient (Wildman–Crippen LogP) is 7.42. The molecule has 0 aliphatic rings. The van der Waals surface area contributed by atoms with Crippen LogP contribution in [0.4, 0.5) is 0 Å². The van der Waals surface area contributed by atoms with Crippen LogP contribution in [0, 0.1) is 0 Å². The molecule has 156 valence electrons. The third-order valence-electron chi connectivity index (χ3n) is 4.98. The SMILES string of the molecule is CCCCCCCCCCN.c1ccc2[nH]ccc2c1.c1ccc2[nH]ccc2c1. The van der Waals surface area contributed by atoms with E-state index in [0.717, 1.165) is 6.54 Å². The van der Waals surface area contributed by atoms with Crippen LogP contribution >= 0.6 is 0 Å². The van der Waals surface area contributed by atoms with E-state index in [-0.39, 0.29) is 0 Å². The molecular formula is C26H37N3. The normalized spacial score (nSPS) is 10.3. The molecule has 0 bridgehead atoms. The minimum atomic E-state index is 0.870. The average molecular weight is 392 g/mol. The molecule has 0 unspecified atom stereocenters. The van der Waals surface area contributed by atoms with E-state index >= 15 is 0 Å². The van der Waals surface area contributed by atoms with Gasteiger partial charge in [-0.15, -0.1) is 0 Å². The van der Waals surface area contributed by atoms with Crippen molar-refractivity contribution in [1.82, 2.24) is 9.97 Å². The number of hydrogen-bond acceptors (Lipinski definition) is 1. The molecular weight excluding hydrogens is 354 g/mol. The largest absolute Gasteiger partial charge is 0.361 e. The van der Waals surface area contributed by atoms with E-state index in [9.17, 15) is 0 Å². The molecule has 0 aliphatic carbocycles. The van der Waals surface area contributed by atoms with Crippen molar-refractivity contribution >= 4 is 21.8 Å². The Labute approximate surface area is 175 Å². The summed E-state index contributed by atoms with van der Waals surface area (Å²) < 4.78 is 0. The number of nitrogens with one attached hydrogen (secondary N) is 2. The van der Waals surface area contributed by atoms with Gasteiger partial charge in [0.15, 0.2) is 0 Å². The number of hydrogen-bond donors (Lipinski definition) is 3. The molecule has 29 heavy (non-hydrogen) atoms. The number of rotatable bonds is 8. The second-order valence-corrected chi connectivity index (χ2v) is 7.39. The summed E-state index contributed by atoms with van der Waals surface area (Å²) in [7, 11) is 0.